The molecule has 1 N–H and O–H groups in total. The fourth-order valence-corrected chi connectivity index (χ4v) is 2.20. The summed E-state index contributed by atoms with van der Waals surface area (Å²) in [5, 5.41) is 3.39. The molecule has 0 heterocycles. The molecule has 0 aromatic heterocycles. The number of halogens is 2. The van der Waals surface area contributed by atoms with Crippen LogP contribution in [0.4, 0.5) is 5.69 Å². The minimum Gasteiger partial charge on any atom is -0.462 e. The maximum Gasteiger partial charge on any atom is 0.338 e. The second kappa shape index (κ2) is 7.29. The van der Waals surface area contributed by atoms with Gasteiger partial charge in [-0.3, -0.25) is 4.79 Å². The van der Waals surface area contributed by atoms with Crippen LogP contribution in [0.5, 0.6) is 0 Å². The SMILES string of the molecule is CCOC(=O)c1ccc(NC(=O)c2cccc(Cl)c2)c(Cl)c1. The molecule has 6 heteroatoms. The second-order valence-corrected chi connectivity index (χ2v) is 5.22. The minimum absolute atomic E-state index is 0.251. The summed E-state index contributed by atoms with van der Waals surface area (Å²) in [5.74, 6) is -0.801. The van der Waals surface area contributed by atoms with Gasteiger partial charge in [0.25, 0.3) is 5.91 Å². The van der Waals surface area contributed by atoms with Crippen LogP contribution in [0, 0.1) is 0 Å². The third-order valence-electron chi connectivity index (χ3n) is 2.82. The van der Waals surface area contributed by atoms with E-state index < -0.39 is 5.97 Å². The van der Waals surface area contributed by atoms with Gasteiger partial charge in [0, 0.05) is 10.6 Å². The first-order chi connectivity index (χ1) is 10.5. The summed E-state index contributed by atoms with van der Waals surface area (Å²) >= 11 is 11.9. The topological polar surface area (TPSA) is 55.4 Å². The first-order valence-corrected chi connectivity index (χ1v) is 7.30. The predicted molar refractivity (Wildman–Crippen MR) is 86.8 cm³/mol. The van der Waals surface area contributed by atoms with Crippen LogP contribution in [0.25, 0.3) is 0 Å². The van der Waals surface area contributed by atoms with Crippen LogP contribution in [-0.2, 0) is 4.74 Å². The number of hydrogen-bond acceptors (Lipinski definition) is 3. The molecule has 0 radical (unpaired) electrons. The highest BCUT2D eigenvalue weighted by molar-refractivity contribution is 6.34. The van der Waals surface area contributed by atoms with Crippen LogP contribution in [0.3, 0.4) is 0 Å². The van der Waals surface area contributed by atoms with Gasteiger partial charge >= 0.3 is 5.97 Å². The van der Waals surface area contributed by atoms with Crippen molar-refractivity contribution in [3.63, 3.8) is 0 Å². The molecule has 0 saturated carbocycles. The van der Waals surface area contributed by atoms with Gasteiger partial charge in [-0.1, -0.05) is 29.3 Å². The lowest BCUT2D eigenvalue weighted by Crippen LogP contribution is -2.12. The van der Waals surface area contributed by atoms with Gasteiger partial charge in [0.15, 0.2) is 0 Å². The number of carbonyl (C=O) groups is 2. The summed E-state index contributed by atoms with van der Waals surface area (Å²) in [4.78, 5) is 23.7. The van der Waals surface area contributed by atoms with Gasteiger partial charge in [-0.2, -0.15) is 0 Å². The fraction of sp³-hybridized carbons (Fsp3) is 0.125. The molecule has 2 aromatic rings. The van der Waals surface area contributed by atoms with Gasteiger partial charge in [0.1, 0.15) is 0 Å². The molecule has 0 aliphatic rings. The van der Waals surface area contributed by atoms with Crippen LogP contribution in [0.15, 0.2) is 42.5 Å². The third-order valence-corrected chi connectivity index (χ3v) is 3.36. The van der Waals surface area contributed by atoms with Crippen molar-refractivity contribution in [2.45, 2.75) is 6.92 Å². The summed E-state index contributed by atoms with van der Waals surface area (Å²) in [6.45, 7) is 2.00. The quantitative estimate of drug-likeness (QED) is 0.840. The molecule has 0 saturated heterocycles. The van der Waals surface area contributed by atoms with E-state index in [4.69, 9.17) is 27.9 Å². The van der Waals surface area contributed by atoms with Crippen molar-refractivity contribution in [1.29, 1.82) is 0 Å². The Labute approximate surface area is 138 Å². The number of esters is 1. The van der Waals surface area contributed by atoms with Crippen LogP contribution >= 0.6 is 23.2 Å². The molecule has 22 heavy (non-hydrogen) atoms. The molecule has 0 aliphatic carbocycles. The lowest BCUT2D eigenvalue weighted by molar-refractivity contribution is 0.0526. The van der Waals surface area contributed by atoms with Crippen molar-refractivity contribution >= 4 is 40.8 Å². The van der Waals surface area contributed by atoms with E-state index >= 15 is 0 Å². The maximum atomic E-state index is 12.1. The van der Waals surface area contributed by atoms with Crippen LogP contribution in [0.2, 0.25) is 10.0 Å². The molecular formula is C16H13Cl2NO3. The van der Waals surface area contributed by atoms with Gasteiger partial charge in [-0.05, 0) is 43.3 Å². The zero-order valence-electron chi connectivity index (χ0n) is 11.7. The summed E-state index contributed by atoms with van der Waals surface area (Å²) in [7, 11) is 0. The highest BCUT2D eigenvalue weighted by Crippen LogP contribution is 2.24. The van der Waals surface area contributed by atoms with E-state index in [2.05, 4.69) is 5.32 Å². The van der Waals surface area contributed by atoms with E-state index in [1.165, 1.54) is 12.1 Å². The van der Waals surface area contributed by atoms with Gasteiger partial charge in [0.05, 0.1) is 22.9 Å². The predicted octanol–water partition coefficient (Wildman–Crippen LogP) is 4.42. The summed E-state index contributed by atoms with van der Waals surface area (Å²) < 4.78 is 4.89. The summed E-state index contributed by atoms with van der Waals surface area (Å²) in [5.41, 5.74) is 1.14. The molecule has 114 valence electrons. The van der Waals surface area contributed by atoms with Gasteiger partial charge in [0.2, 0.25) is 0 Å². The van der Waals surface area contributed by atoms with Gasteiger partial charge < -0.3 is 10.1 Å². The lowest BCUT2D eigenvalue weighted by atomic mass is 10.2. The van der Waals surface area contributed by atoms with E-state index in [0.717, 1.165) is 0 Å². The monoisotopic (exact) mass is 337 g/mol. The maximum absolute atomic E-state index is 12.1. The van der Waals surface area contributed by atoms with Crippen LogP contribution in [0.1, 0.15) is 27.6 Å². The van der Waals surface area contributed by atoms with Crippen molar-refractivity contribution in [3.05, 3.63) is 63.6 Å². The van der Waals surface area contributed by atoms with E-state index in [9.17, 15) is 9.59 Å². The Morgan fingerprint density at radius 3 is 2.50 bits per heavy atom. The van der Waals surface area contributed by atoms with Crippen LogP contribution < -0.4 is 5.32 Å². The number of anilines is 1. The molecule has 0 bridgehead atoms. The number of hydrogen-bond donors (Lipinski definition) is 1. The molecule has 0 aliphatic heterocycles. The van der Waals surface area contributed by atoms with Crippen molar-refractivity contribution in [3.8, 4) is 0 Å². The van der Waals surface area contributed by atoms with Crippen molar-refractivity contribution < 1.29 is 14.3 Å². The van der Waals surface area contributed by atoms with Crippen molar-refractivity contribution in [2.24, 2.45) is 0 Å². The largest absolute Gasteiger partial charge is 0.462 e. The average molecular weight is 338 g/mol. The molecule has 0 unspecified atom stereocenters. The zero-order valence-corrected chi connectivity index (χ0v) is 13.2. The first kappa shape index (κ1) is 16.3. The van der Waals surface area contributed by atoms with E-state index in [1.54, 1.807) is 37.3 Å². The third kappa shape index (κ3) is 4.00. The van der Waals surface area contributed by atoms with E-state index in [-0.39, 0.29) is 17.5 Å². The van der Waals surface area contributed by atoms with E-state index in [0.29, 0.717) is 21.8 Å². The van der Waals surface area contributed by atoms with Crippen LogP contribution in [-0.4, -0.2) is 18.5 Å². The van der Waals surface area contributed by atoms with Crippen molar-refractivity contribution in [1.82, 2.24) is 0 Å². The van der Waals surface area contributed by atoms with Gasteiger partial charge in [-0.25, -0.2) is 4.79 Å². The normalized spacial score (nSPS) is 10.1. The Morgan fingerprint density at radius 1 is 1.09 bits per heavy atom. The Morgan fingerprint density at radius 2 is 1.86 bits per heavy atom. The standard InChI is InChI=1S/C16H13Cl2NO3/c1-2-22-16(21)11-6-7-14(13(18)9-11)19-15(20)10-4-3-5-12(17)8-10/h3-9H,2H2,1H3,(H,19,20). The molecule has 0 spiro atoms. The number of carbonyl (C=O) groups excluding carboxylic acids is 2. The Kier molecular flexibility index (Phi) is 5.41. The number of benzene rings is 2. The number of nitrogens with one attached hydrogen (secondary N) is 1. The number of ether oxygens (including phenoxy) is 1. The molecule has 2 rings (SSSR count). The molecule has 1 amide bonds. The smallest absolute Gasteiger partial charge is 0.338 e. The zero-order chi connectivity index (χ0) is 16.1. The van der Waals surface area contributed by atoms with Gasteiger partial charge in [-0.15, -0.1) is 0 Å². The number of rotatable bonds is 4. The minimum atomic E-state index is -0.461. The lowest BCUT2D eigenvalue weighted by Gasteiger charge is -2.09. The molecule has 4 nitrogen and oxygen atoms in total. The highest BCUT2D eigenvalue weighted by atomic mass is 35.5. The summed E-state index contributed by atoms with van der Waals surface area (Å²) in [6, 6.07) is 11.1. The average Bonchev–Trinajstić information content (AvgIpc) is 2.49. The highest BCUT2D eigenvalue weighted by Gasteiger charge is 2.12. The fourth-order valence-electron chi connectivity index (χ4n) is 1.78. The Bertz CT molecular complexity index is 716. The number of amides is 1. The van der Waals surface area contributed by atoms with E-state index in [1.807, 2.05) is 0 Å². The second-order valence-electron chi connectivity index (χ2n) is 4.38. The molecular weight excluding hydrogens is 325 g/mol. The Hall–Kier alpha value is -2.04. The molecule has 0 fully saturated rings. The Balaban J connectivity index is 2.16. The summed E-state index contributed by atoms with van der Waals surface area (Å²) in [6.07, 6.45) is 0. The molecule has 2 aromatic carbocycles. The first-order valence-electron chi connectivity index (χ1n) is 6.55. The van der Waals surface area contributed by atoms with Crippen molar-refractivity contribution in [2.75, 3.05) is 11.9 Å². The molecule has 0 atom stereocenters.